The smallest absolute Gasteiger partial charge is 0.165 e. The summed E-state index contributed by atoms with van der Waals surface area (Å²) in [6.07, 6.45) is 5.29. The van der Waals surface area contributed by atoms with Gasteiger partial charge in [0.15, 0.2) is 5.79 Å². The molecule has 114 valence electrons. The van der Waals surface area contributed by atoms with Gasteiger partial charge in [0.05, 0.1) is 13.2 Å². The van der Waals surface area contributed by atoms with E-state index in [1.54, 1.807) is 0 Å². The van der Waals surface area contributed by atoms with Gasteiger partial charge in [-0.2, -0.15) is 0 Å². The van der Waals surface area contributed by atoms with E-state index in [9.17, 15) is 0 Å². The van der Waals surface area contributed by atoms with Crippen LogP contribution >= 0.6 is 11.6 Å². The first kappa shape index (κ1) is 15.0. The molecule has 2 heterocycles. The highest BCUT2D eigenvalue weighted by atomic mass is 35.5. The topological polar surface area (TPSA) is 30.5 Å². The highest BCUT2D eigenvalue weighted by Gasteiger charge is 2.31. The summed E-state index contributed by atoms with van der Waals surface area (Å²) in [5.74, 6) is -0.386. The number of hydrogen-bond acceptors (Lipinski definition) is 3. The number of rotatable bonds is 4. The maximum Gasteiger partial charge on any atom is 0.165 e. The van der Waals surface area contributed by atoms with Gasteiger partial charge in [0.25, 0.3) is 0 Å². The van der Waals surface area contributed by atoms with E-state index in [4.69, 9.17) is 21.1 Å². The number of ether oxygens (including phenoxy) is 2. The normalized spacial score (nSPS) is 24.9. The Bertz CT molecular complexity index is 506. The van der Waals surface area contributed by atoms with Gasteiger partial charge in [-0.05, 0) is 43.0 Å². The molecule has 4 heteroatoms. The van der Waals surface area contributed by atoms with Gasteiger partial charge in [-0.1, -0.05) is 29.8 Å². The van der Waals surface area contributed by atoms with Crippen LogP contribution in [0, 0.1) is 0 Å². The molecule has 1 unspecified atom stereocenters. The summed E-state index contributed by atoms with van der Waals surface area (Å²) in [6, 6.07) is 8.58. The summed E-state index contributed by atoms with van der Waals surface area (Å²) in [5.41, 5.74) is 2.67. The van der Waals surface area contributed by atoms with Gasteiger partial charge in [-0.3, -0.25) is 0 Å². The van der Waals surface area contributed by atoms with E-state index in [2.05, 4.69) is 23.5 Å². The molecule has 2 aliphatic heterocycles. The number of benzene rings is 1. The minimum atomic E-state index is -0.386. The molecular formula is C17H22ClNO2. The van der Waals surface area contributed by atoms with Crippen LogP contribution < -0.4 is 5.32 Å². The van der Waals surface area contributed by atoms with Crippen LogP contribution in [0.2, 0.25) is 5.02 Å². The molecule has 1 atom stereocenters. The zero-order valence-electron chi connectivity index (χ0n) is 12.4. The third-order valence-electron chi connectivity index (χ3n) is 4.28. The fraction of sp³-hybridized carbons (Fsp3) is 0.529. The zero-order chi connectivity index (χ0) is 14.7. The van der Waals surface area contributed by atoms with E-state index in [1.165, 1.54) is 11.1 Å². The van der Waals surface area contributed by atoms with Crippen molar-refractivity contribution in [2.45, 2.75) is 38.0 Å². The second-order valence-corrected chi connectivity index (χ2v) is 6.35. The molecule has 1 aromatic rings. The molecule has 0 amide bonds. The van der Waals surface area contributed by atoms with Crippen molar-refractivity contribution in [3.05, 3.63) is 40.9 Å². The third-order valence-corrected chi connectivity index (χ3v) is 4.53. The van der Waals surface area contributed by atoms with E-state index >= 15 is 0 Å². The zero-order valence-corrected chi connectivity index (χ0v) is 13.2. The predicted octanol–water partition coefficient (Wildman–Crippen LogP) is 3.63. The molecule has 0 radical (unpaired) electrons. The number of hydrogen-bond donors (Lipinski definition) is 1. The van der Waals surface area contributed by atoms with Crippen LogP contribution in [0.15, 0.2) is 30.3 Å². The van der Waals surface area contributed by atoms with Crippen molar-refractivity contribution < 1.29 is 9.47 Å². The molecule has 0 bridgehead atoms. The van der Waals surface area contributed by atoms with Crippen LogP contribution in [0.4, 0.5) is 0 Å². The second kappa shape index (κ2) is 6.49. The fourth-order valence-corrected chi connectivity index (χ4v) is 3.14. The van der Waals surface area contributed by atoms with Crippen molar-refractivity contribution >= 4 is 17.2 Å². The molecule has 0 aromatic heterocycles. The second-order valence-electron chi connectivity index (χ2n) is 5.91. The minimum absolute atomic E-state index is 0.386. The minimum Gasteiger partial charge on any atom is -0.348 e. The highest BCUT2D eigenvalue weighted by molar-refractivity contribution is 6.30. The van der Waals surface area contributed by atoms with Crippen LogP contribution in [-0.4, -0.2) is 31.6 Å². The lowest BCUT2D eigenvalue weighted by Gasteiger charge is -2.28. The quantitative estimate of drug-likeness (QED) is 0.921. The lowest BCUT2D eigenvalue weighted by molar-refractivity contribution is -0.148. The summed E-state index contributed by atoms with van der Waals surface area (Å²) in [7, 11) is 0. The molecule has 0 aliphatic carbocycles. The van der Waals surface area contributed by atoms with Gasteiger partial charge in [-0.25, -0.2) is 0 Å². The first-order chi connectivity index (χ1) is 10.1. The Balaban J connectivity index is 1.57. The number of halogens is 1. The predicted molar refractivity (Wildman–Crippen MR) is 85.4 cm³/mol. The maximum atomic E-state index is 5.96. The van der Waals surface area contributed by atoms with E-state index in [-0.39, 0.29) is 5.79 Å². The largest absolute Gasteiger partial charge is 0.348 e. The van der Waals surface area contributed by atoms with Crippen molar-refractivity contribution in [1.29, 1.82) is 0 Å². The molecule has 3 rings (SSSR count). The Morgan fingerprint density at radius 1 is 1.24 bits per heavy atom. The van der Waals surface area contributed by atoms with Gasteiger partial charge in [0.2, 0.25) is 0 Å². The Morgan fingerprint density at radius 2 is 1.95 bits per heavy atom. The van der Waals surface area contributed by atoms with Gasteiger partial charge < -0.3 is 14.8 Å². The Morgan fingerprint density at radius 3 is 2.67 bits per heavy atom. The molecule has 3 nitrogen and oxygen atoms in total. The fourth-order valence-electron chi connectivity index (χ4n) is 3.01. The molecule has 1 saturated heterocycles. The average Bonchev–Trinajstić information content (AvgIpc) is 2.94. The van der Waals surface area contributed by atoms with Crippen molar-refractivity contribution in [3.8, 4) is 0 Å². The maximum absolute atomic E-state index is 5.96. The molecule has 21 heavy (non-hydrogen) atoms. The molecule has 1 N–H and O–H groups in total. The summed E-state index contributed by atoms with van der Waals surface area (Å²) in [6.45, 7) is 4.38. The van der Waals surface area contributed by atoms with Crippen LogP contribution in [0.1, 0.15) is 31.7 Å². The van der Waals surface area contributed by atoms with Crippen LogP contribution in [0.5, 0.6) is 0 Å². The highest BCUT2D eigenvalue weighted by Crippen LogP contribution is 2.29. The van der Waals surface area contributed by atoms with E-state index in [0.29, 0.717) is 19.3 Å². The molecule has 1 fully saturated rings. The van der Waals surface area contributed by atoms with E-state index in [1.807, 2.05) is 19.1 Å². The standard InChI is InChI=1S/C17H22ClNO2/c1-17(20-10-11-21-17)8-6-16-12-14(7-9-19-16)13-2-4-15(18)5-3-13/h2-5,7,16,19H,6,8-12H2,1H3. The Hall–Kier alpha value is -0.870. The SMILES string of the molecule is CC1(CCC2CC(c3ccc(Cl)cc3)=CCN2)OCCO1. The van der Waals surface area contributed by atoms with Crippen molar-refractivity contribution in [2.75, 3.05) is 19.8 Å². The lowest BCUT2D eigenvalue weighted by Crippen LogP contribution is -2.36. The van der Waals surface area contributed by atoms with Gasteiger partial charge in [0.1, 0.15) is 0 Å². The Kier molecular flexibility index (Phi) is 4.65. The van der Waals surface area contributed by atoms with Gasteiger partial charge >= 0.3 is 0 Å². The third kappa shape index (κ3) is 3.86. The summed E-state index contributed by atoms with van der Waals surface area (Å²) >= 11 is 5.96. The van der Waals surface area contributed by atoms with E-state index < -0.39 is 0 Å². The first-order valence-electron chi connectivity index (χ1n) is 7.61. The van der Waals surface area contributed by atoms with Crippen LogP contribution in [0.3, 0.4) is 0 Å². The lowest BCUT2D eigenvalue weighted by atomic mass is 9.92. The molecular weight excluding hydrogens is 286 g/mol. The van der Waals surface area contributed by atoms with E-state index in [0.717, 1.165) is 30.8 Å². The summed E-state index contributed by atoms with van der Waals surface area (Å²) in [5, 5.41) is 4.34. The summed E-state index contributed by atoms with van der Waals surface area (Å²) < 4.78 is 11.4. The summed E-state index contributed by atoms with van der Waals surface area (Å²) in [4.78, 5) is 0. The average molecular weight is 308 g/mol. The van der Waals surface area contributed by atoms with Crippen molar-refractivity contribution in [3.63, 3.8) is 0 Å². The number of nitrogens with one attached hydrogen (secondary N) is 1. The molecule has 0 spiro atoms. The van der Waals surface area contributed by atoms with Crippen molar-refractivity contribution in [2.24, 2.45) is 0 Å². The molecule has 1 aromatic carbocycles. The van der Waals surface area contributed by atoms with Crippen LogP contribution in [0.25, 0.3) is 5.57 Å². The monoisotopic (exact) mass is 307 g/mol. The van der Waals surface area contributed by atoms with Gasteiger partial charge in [0, 0.05) is 24.0 Å². The van der Waals surface area contributed by atoms with Crippen molar-refractivity contribution in [1.82, 2.24) is 5.32 Å². The Labute approximate surface area is 131 Å². The van der Waals surface area contributed by atoms with Crippen LogP contribution in [-0.2, 0) is 9.47 Å². The first-order valence-corrected chi connectivity index (χ1v) is 7.99. The molecule has 2 aliphatic rings. The van der Waals surface area contributed by atoms with Gasteiger partial charge in [-0.15, -0.1) is 0 Å². The molecule has 0 saturated carbocycles.